The molecule has 0 radical (unpaired) electrons. The molecule has 3 nitrogen and oxygen atoms in total. The van der Waals surface area contributed by atoms with E-state index in [0.717, 1.165) is 12.8 Å². The van der Waals surface area contributed by atoms with Crippen molar-refractivity contribution < 1.29 is 9.90 Å². The van der Waals surface area contributed by atoms with Gasteiger partial charge in [-0.2, -0.15) is 0 Å². The smallest absolute Gasteiger partial charge is 0.320 e. The Kier molecular flexibility index (Phi) is 4.24. The topological polar surface area (TPSA) is 63.3 Å². The second-order valence-corrected chi connectivity index (χ2v) is 4.40. The number of carboxylic acids is 1. The maximum absolute atomic E-state index is 10.3. The molecule has 3 N–H and O–H groups in total. The summed E-state index contributed by atoms with van der Waals surface area (Å²) in [5.41, 5.74) is 5.62. The van der Waals surface area contributed by atoms with E-state index >= 15 is 0 Å². The fourth-order valence-electron chi connectivity index (χ4n) is 0.976. The van der Waals surface area contributed by atoms with Crippen molar-refractivity contribution in [1.82, 2.24) is 0 Å². The standard InChI is InChI=1S/C9H19NO2/c1-9(2,3)6-4-5-7(10)8(11)12/h7H,4-6,10H2,1-3H3,(H,11,12). The average molecular weight is 173 g/mol. The third kappa shape index (κ3) is 6.16. The van der Waals surface area contributed by atoms with Gasteiger partial charge in [-0.1, -0.05) is 27.2 Å². The number of hydrogen-bond donors (Lipinski definition) is 2. The van der Waals surface area contributed by atoms with E-state index in [4.69, 9.17) is 10.8 Å². The molecule has 0 saturated carbocycles. The Morgan fingerprint density at radius 3 is 2.33 bits per heavy atom. The lowest BCUT2D eigenvalue weighted by atomic mass is 9.89. The summed E-state index contributed by atoms with van der Waals surface area (Å²) < 4.78 is 0. The first-order valence-corrected chi connectivity index (χ1v) is 4.31. The van der Waals surface area contributed by atoms with Gasteiger partial charge in [0.15, 0.2) is 0 Å². The molecule has 0 aromatic carbocycles. The number of aliphatic carboxylic acids is 1. The second kappa shape index (κ2) is 4.45. The summed E-state index contributed by atoms with van der Waals surface area (Å²) in [4.78, 5) is 10.3. The van der Waals surface area contributed by atoms with E-state index in [-0.39, 0.29) is 5.41 Å². The minimum absolute atomic E-state index is 0.276. The summed E-state index contributed by atoms with van der Waals surface area (Å²) in [5.74, 6) is -0.899. The second-order valence-electron chi connectivity index (χ2n) is 4.40. The molecule has 0 amide bonds. The average Bonchev–Trinajstić information content (AvgIpc) is 1.84. The van der Waals surface area contributed by atoms with E-state index in [1.165, 1.54) is 0 Å². The van der Waals surface area contributed by atoms with Gasteiger partial charge >= 0.3 is 5.97 Å². The van der Waals surface area contributed by atoms with Crippen LogP contribution in [-0.4, -0.2) is 17.1 Å². The minimum Gasteiger partial charge on any atom is -0.480 e. The van der Waals surface area contributed by atoms with Crippen molar-refractivity contribution in [2.24, 2.45) is 11.1 Å². The maximum atomic E-state index is 10.3. The van der Waals surface area contributed by atoms with Crippen LogP contribution in [0.1, 0.15) is 40.0 Å². The lowest BCUT2D eigenvalue weighted by Gasteiger charge is -2.18. The predicted molar refractivity (Wildman–Crippen MR) is 48.9 cm³/mol. The van der Waals surface area contributed by atoms with Gasteiger partial charge < -0.3 is 10.8 Å². The van der Waals surface area contributed by atoms with Crippen molar-refractivity contribution in [1.29, 1.82) is 0 Å². The van der Waals surface area contributed by atoms with Gasteiger partial charge in [-0.05, 0) is 18.3 Å². The van der Waals surface area contributed by atoms with Gasteiger partial charge in [0.1, 0.15) is 6.04 Å². The van der Waals surface area contributed by atoms with E-state index in [2.05, 4.69) is 20.8 Å². The lowest BCUT2D eigenvalue weighted by Crippen LogP contribution is -2.30. The Balaban J connectivity index is 3.51. The molecule has 3 heteroatoms. The highest BCUT2D eigenvalue weighted by atomic mass is 16.4. The molecule has 0 rings (SSSR count). The van der Waals surface area contributed by atoms with Gasteiger partial charge in [-0.15, -0.1) is 0 Å². The molecule has 0 fully saturated rings. The molecule has 1 atom stereocenters. The zero-order valence-electron chi connectivity index (χ0n) is 8.13. The molecule has 0 spiro atoms. The summed E-state index contributed by atoms with van der Waals surface area (Å²) in [5, 5.41) is 8.49. The van der Waals surface area contributed by atoms with Crippen molar-refractivity contribution in [3.8, 4) is 0 Å². The van der Waals surface area contributed by atoms with Gasteiger partial charge in [0.05, 0.1) is 0 Å². The SMILES string of the molecule is CC(C)(C)CCCC(N)C(=O)O. The van der Waals surface area contributed by atoms with Crippen molar-refractivity contribution in [2.45, 2.75) is 46.1 Å². The molecule has 0 bridgehead atoms. The molecule has 0 heterocycles. The van der Waals surface area contributed by atoms with Gasteiger partial charge in [-0.3, -0.25) is 4.79 Å². The van der Waals surface area contributed by atoms with E-state index in [0.29, 0.717) is 6.42 Å². The highest BCUT2D eigenvalue weighted by molar-refractivity contribution is 5.72. The normalized spacial score (nSPS) is 14.3. The monoisotopic (exact) mass is 173 g/mol. The Bertz CT molecular complexity index is 149. The van der Waals surface area contributed by atoms with Crippen molar-refractivity contribution >= 4 is 5.97 Å². The summed E-state index contributed by atoms with van der Waals surface area (Å²) >= 11 is 0. The molecule has 0 aromatic rings. The lowest BCUT2D eigenvalue weighted by molar-refractivity contribution is -0.138. The molecule has 1 unspecified atom stereocenters. The summed E-state index contributed by atoms with van der Waals surface area (Å²) in [6, 6.07) is -0.688. The highest BCUT2D eigenvalue weighted by Gasteiger charge is 2.14. The zero-order chi connectivity index (χ0) is 9.78. The highest BCUT2D eigenvalue weighted by Crippen LogP contribution is 2.21. The Hall–Kier alpha value is -0.570. The Morgan fingerprint density at radius 1 is 1.50 bits per heavy atom. The first kappa shape index (κ1) is 11.4. The van der Waals surface area contributed by atoms with Crippen LogP contribution in [0.15, 0.2) is 0 Å². The number of carbonyl (C=O) groups is 1. The predicted octanol–water partition coefficient (Wildman–Crippen LogP) is 1.61. The molecule has 72 valence electrons. The van der Waals surface area contributed by atoms with Crippen LogP contribution in [0.25, 0.3) is 0 Å². The van der Waals surface area contributed by atoms with Crippen LogP contribution in [0.4, 0.5) is 0 Å². The van der Waals surface area contributed by atoms with E-state index < -0.39 is 12.0 Å². The fourth-order valence-corrected chi connectivity index (χ4v) is 0.976. The summed E-state index contributed by atoms with van der Waals surface area (Å²) in [6.45, 7) is 6.41. The number of rotatable bonds is 4. The first-order valence-electron chi connectivity index (χ1n) is 4.31. The van der Waals surface area contributed by atoms with E-state index in [9.17, 15) is 4.79 Å². The van der Waals surface area contributed by atoms with Crippen molar-refractivity contribution in [2.75, 3.05) is 0 Å². The molecule has 0 aliphatic rings. The Labute approximate surface area is 74.0 Å². The molecule has 12 heavy (non-hydrogen) atoms. The molecular weight excluding hydrogens is 154 g/mol. The van der Waals surface area contributed by atoms with Crippen LogP contribution in [0.5, 0.6) is 0 Å². The van der Waals surface area contributed by atoms with Crippen LogP contribution < -0.4 is 5.73 Å². The maximum Gasteiger partial charge on any atom is 0.320 e. The summed E-state index contributed by atoms with van der Waals surface area (Å²) in [7, 11) is 0. The summed E-state index contributed by atoms with van der Waals surface area (Å²) in [6.07, 6.45) is 2.48. The van der Waals surface area contributed by atoms with E-state index in [1.807, 2.05) is 0 Å². The van der Waals surface area contributed by atoms with Crippen molar-refractivity contribution in [3.05, 3.63) is 0 Å². The zero-order valence-corrected chi connectivity index (χ0v) is 8.13. The fraction of sp³-hybridized carbons (Fsp3) is 0.889. The van der Waals surface area contributed by atoms with E-state index in [1.54, 1.807) is 0 Å². The molecular formula is C9H19NO2. The number of carboxylic acid groups (broad SMARTS) is 1. The minimum atomic E-state index is -0.899. The third-order valence-corrected chi connectivity index (χ3v) is 1.76. The van der Waals surface area contributed by atoms with Crippen LogP contribution in [-0.2, 0) is 4.79 Å². The molecule has 0 aliphatic carbocycles. The number of nitrogens with two attached hydrogens (primary N) is 1. The third-order valence-electron chi connectivity index (χ3n) is 1.76. The van der Waals surface area contributed by atoms with Crippen molar-refractivity contribution in [3.63, 3.8) is 0 Å². The molecule has 0 aromatic heterocycles. The van der Waals surface area contributed by atoms with Crippen LogP contribution in [0.3, 0.4) is 0 Å². The van der Waals surface area contributed by atoms with Gasteiger partial charge in [-0.25, -0.2) is 0 Å². The molecule has 0 saturated heterocycles. The van der Waals surface area contributed by atoms with Crippen LogP contribution >= 0.6 is 0 Å². The van der Waals surface area contributed by atoms with Crippen LogP contribution in [0, 0.1) is 5.41 Å². The van der Waals surface area contributed by atoms with Gasteiger partial charge in [0.25, 0.3) is 0 Å². The largest absolute Gasteiger partial charge is 0.480 e. The first-order chi connectivity index (χ1) is 5.33. The number of hydrogen-bond acceptors (Lipinski definition) is 2. The molecule has 0 aliphatic heterocycles. The van der Waals surface area contributed by atoms with Gasteiger partial charge in [0.2, 0.25) is 0 Å². The quantitative estimate of drug-likeness (QED) is 0.679. The Morgan fingerprint density at radius 2 is 2.00 bits per heavy atom. The van der Waals surface area contributed by atoms with Gasteiger partial charge in [0, 0.05) is 0 Å². The van der Waals surface area contributed by atoms with Crippen LogP contribution in [0.2, 0.25) is 0 Å².